The van der Waals surface area contributed by atoms with Crippen molar-refractivity contribution in [3.05, 3.63) is 53.4 Å². The lowest BCUT2D eigenvalue weighted by Gasteiger charge is -2.42. The standard InChI is InChI=1S/C36H39ClFN7O5/c1-4-13-35(14-7-16-43(35)3)21-50-34-41-31-26(19-40-30(29(31)38)25-10-5-8-23-9-6-11-27(37)28(23)25)32(42-34)44-17-18-45(24(20-44)12-15-39)33(47)36(48,49)22(2)46/h5-6,8-11,19,24,48-49H,4,7,12-14,16-18,20-21H2,1-3H3. The summed E-state index contributed by atoms with van der Waals surface area (Å²) in [5.74, 6) is -5.99. The zero-order valence-corrected chi connectivity index (χ0v) is 29.0. The molecule has 2 aromatic heterocycles. The van der Waals surface area contributed by atoms with E-state index in [9.17, 15) is 25.1 Å². The first-order valence-corrected chi connectivity index (χ1v) is 17.1. The molecule has 2 aliphatic heterocycles. The van der Waals surface area contributed by atoms with Gasteiger partial charge in [0.05, 0.1) is 29.5 Å². The van der Waals surface area contributed by atoms with Crippen LogP contribution in [-0.2, 0) is 9.59 Å². The van der Waals surface area contributed by atoms with E-state index in [1.54, 1.807) is 23.1 Å². The van der Waals surface area contributed by atoms with Gasteiger partial charge in [0.1, 0.15) is 23.6 Å². The number of halogens is 2. The molecule has 4 aromatic rings. The molecular formula is C36H39ClFN7O5. The van der Waals surface area contributed by atoms with E-state index < -0.39 is 29.3 Å². The summed E-state index contributed by atoms with van der Waals surface area (Å²) in [5, 5.41) is 32.3. The van der Waals surface area contributed by atoms with Crippen LogP contribution < -0.4 is 9.64 Å². The van der Waals surface area contributed by atoms with Gasteiger partial charge in [-0.05, 0) is 44.3 Å². The number of hydrogen-bond donors (Lipinski definition) is 2. The Morgan fingerprint density at radius 2 is 1.94 bits per heavy atom. The minimum Gasteiger partial charge on any atom is -0.461 e. The molecule has 0 aliphatic carbocycles. The summed E-state index contributed by atoms with van der Waals surface area (Å²) in [7, 11) is 2.07. The minimum absolute atomic E-state index is 0.0175. The third kappa shape index (κ3) is 6.33. The number of nitriles is 1. The third-order valence-corrected chi connectivity index (χ3v) is 10.4. The van der Waals surface area contributed by atoms with Crippen molar-refractivity contribution in [2.24, 2.45) is 0 Å². The van der Waals surface area contributed by atoms with Crippen molar-refractivity contribution in [2.75, 3.05) is 44.7 Å². The second-order valence-corrected chi connectivity index (χ2v) is 13.5. The van der Waals surface area contributed by atoms with Gasteiger partial charge in [-0.1, -0.05) is 55.3 Å². The maximum atomic E-state index is 16.9. The van der Waals surface area contributed by atoms with Crippen LogP contribution in [0.5, 0.6) is 6.01 Å². The van der Waals surface area contributed by atoms with E-state index in [0.717, 1.165) is 49.4 Å². The van der Waals surface area contributed by atoms with Gasteiger partial charge in [0.25, 0.3) is 5.91 Å². The molecule has 2 aromatic carbocycles. The second kappa shape index (κ2) is 14.0. The van der Waals surface area contributed by atoms with Gasteiger partial charge < -0.3 is 24.7 Å². The molecule has 2 unspecified atom stereocenters. The number of ketones is 1. The van der Waals surface area contributed by atoms with E-state index in [4.69, 9.17) is 21.3 Å². The molecule has 2 fully saturated rings. The third-order valence-electron chi connectivity index (χ3n) is 10.0. The van der Waals surface area contributed by atoms with Crippen molar-refractivity contribution in [3.8, 4) is 23.3 Å². The highest BCUT2D eigenvalue weighted by atomic mass is 35.5. The van der Waals surface area contributed by atoms with Crippen LogP contribution in [0.3, 0.4) is 0 Å². The van der Waals surface area contributed by atoms with Crippen LogP contribution in [-0.4, -0.2) is 104 Å². The van der Waals surface area contributed by atoms with Crippen LogP contribution in [0, 0.1) is 17.1 Å². The first kappa shape index (κ1) is 35.3. The summed E-state index contributed by atoms with van der Waals surface area (Å²) in [4.78, 5) is 44.0. The molecule has 2 saturated heterocycles. The van der Waals surface area contributed by atoms with E-state index >= 15 is 4.39 Å². The predicted octanol–water partition coefficient (Wildman–Crippen LogP) is 4.48. The monoisotopic (exact) mass is 703 g/mol. The number of pyridine rings is 1. The van der Waals surface area contributed by atoms with Crippen molar-refractivity contribution >= 4 is 50.8 Å². The molecule has 1 amide bonds. The Bertz CT molecular complexity index is 2000. The van der Waals surface area contributed by atoms with Gasteiger partial charge >= 0.3 is 11.8 Å². The lowest BCUT2D eigenvalue weighted by atomic mass is 9.92. The summed E-state index contributed by atoms with van der Waals surface area (Å²) in [5.41, 5.74) is 0.290. The SMILES string of the molecule is CCCC1(COc2nc(N3CCN(C(=O)C(O)(O)C(C)=O)C(CC#N)C3)c3cnc(-c4cccc5cccc(Cl)c45)c(F)c3n2)CCCN1C. The molecule has 14 heteroatoms. The summed E-state index contributed by atoms with van der Waals surface area (Å²) in [6.45, 7) is 4.30. The van der Waals surface area contributed by atoms with Crippen LogP contribution >= 0.6 is 11.6 Å². The number of carbonyl (C=O) groups excluding carboxylic acids is 2. The molecule has 0 spiro atoms. The van der Waals surface area contributed by atoms with Crippen molar-refractivity contribution in [1.82, 2.24) is 24.8 Å². The van der Waals surface area contributed by atoms with Gasteiger partial charge in [0, 0.05) is 48.7 Å². The number of ether oxygens (including phenoxy) is 1. The average molecular weight is 704 g/mol. The summed E-state index contributed by atoms with van der Waals surface area (Å²) in [6.07, 6.45) is 5.13. The molecule has 262 valence electrons. The molecule has 4 heterocycles. The van der Waals surface area contributed by atoms with Gasteiger partial charge in [0.2, 0.25) is 0 Å². The number of rotatable bonds is 10. The highest BCUT2D eigenvalue weighted by Gasteiger charge is 2.46. The normalized spacial score (nSPS) is 20.0. The molecule has 6 rings (SSSR count). The number of aliphatic hydroxyl groups is 2. The molecule has 12 nitrogen and oxygen atoms in total. The van der Waals surface area contributed by atoms with Crippen LogP contribution in [0.1, 0.15) is 46.0 Å². The maximum absolute atomic E-state index is 16.9. The highest BCUT2D eigenvalue weighted by molar-refractivity contribution is 6.36. The maximum Gasteiger partial charge on any atom is 0.319 e. The van der Waals surface area contributed by atoms with Crippen molar-refractivity contribution < 1.29 is 28.9 Å². The first-order chi connectivity index (χ1) is 23.9. The largest absolute Gasteiger partial charge is 0.461 e. The Kier molecular flexibility index (Phi) is 9.92. The molecule has 0 saturated carbocycles. The number of likely N-dealkylation sites (N-methyl/N-ethyl adjacent to an activating group) is 1. The number of fused-ring (bicyclic) bond motifs is 2. The highest BCUT2D eigenvalue weighted by Crippen LogP contribution is 2.38. The number of nitrogens with zero attached hydrogens (tertiary/aromatic N) is 7. The minimum atomic E-state index is -3.23. The molecule has 2 aliphatic rings. The van der Waals surface area contributed by atoms with Crippen LogP contribution in [0.2, 0.25) is 5.02 Å². The Morgan fingerprint density at radius 3 is 2.62 bits per heavy atom. The van der Waals surface area contributed by atoms with Gasteiger partial charge in [-0.25, -0.2) is 4.39 Å². The number of anilines is 1. The molecule has 0 radical (unpaired) electrons. The van der Waals surface area contributed by atoms with E-state index in [1.807, 2.05) is 24.3 Å². The Hall–Kier alpha value is -4.48. The van der Waals surface area contributed by atoms with E-state index in [2.05, 4.69) is 28.8 Å². The fourth-order valence-corrected chi connectivity index (χ4v) is 7.55. The topological polar surface area (TPSA) is 156 Å². The van der Waals surface area contributed by atoms with Crippen LogP contribution in [0.4, 0.5) is 10.2 Å². The zero-order valence-electron chi connectivity index (χ0n) is 28.2. The molecule has 50 heavy (non-hydrogen) atoms. The number of benzene rings is 2. The Morgan fingerprint density at radius 1 is 1.18 bits per heavy atom. The summed E-state index contributed by atoms with van der Waals surface area (Å²) in [6, 6.07) is 12.0. The average Bonchev–Trinajstić information content (AvgIpc) is 3.46. The second-order valence-electron chi connectivity index (χ2n) is 13.1. The molecule has 0 bridgehead atoms. The number of Topliss-reactive ketones (excluding diaryl/α,β-unsaturated/α-hetero) is 1. The Balaban J connectivity index is 1.45. The van der Waals surface area contributed by atoms with Gasteiger partial charge in [-0.2, -0.15) is 15.2 Å². The molecule has 2 N–H and O–H groups in total. The Labute approximate surface area is 294 Å². The molecular weight excluding hydrogens is 665 g/mol. The quantitative estimate of drug-likeness (QED) is 0.177. The van der Waals surface area contributed by atoms with Crippen LogP contribution in [0.15, 0.2) is 42.6 Å². The predicted molar refractivity (Wildman–Crippen MR) is 186 cm³/mol. The number of piperazine rings is 1. The van der Waals surface area contributed by atoms with Gasteiger partial charge in [-0.15, -0.1) is 0 Å². The van der Waals surface area contributed by atoms with Gasteiger partial charge in [0.15, 0.2) is 11.6 Å². The lowest BCUT2D eigenvalue weighted by Crippen LogP contribution is -2.62. The summed E-state index contributed by atoms with van der Waals surface area (Å²) < 4.78 is 23.2. The van der Waals surface area contributed by atoms with E-state index in [1.165, 1.54) is 6.20 Å². The van der Waals surface area contributed by atoms with E-state index in [0.29, 0.717) is 22.6 Å². The lowest BCUT2D eigenvalue weighted by molar-refractivity contribution is -0.199. The zero-order chi connectivity index (χ0) is 35.8. The van der Waals surface area contributed by atoms with Crippen molar-refractivity contribution in [1.29, 1.82) is 5.26 Å². The number of hydrogen-bond acceptors (Lipinski definition) is 11. The van der Waals surface area contributed by atoms with Crippen molar-refractivity contribution in [2.45, 2.75) is 63.3 Å². The number of likely N-dealkylation sites (tertiary alicyclic amines) is 1. The molecule has 2 atom stereocenters. The fraction of sp³-hybridized carbons (Fsp3) is 0.444. The van der Waals surface area contributed by atoms with Crippen molar-refractivity contribution in [3.63, 3.8) is 0 Å². The number of aromatic nitrogens is 3. The van der Waals surface area contributed by atoms with Crippen LogP contribution in [0.25, 0.3) is 32.9 Å². The smallest absolute Gasteiger partial charge is 0.319 e. The number of carbonyl (C=O) groups is 2. The number of amides is 1. The summed E-state index contributed by atoms with van der Waals surface area (Å²) >= 11 is 6.60. The van der Waals surface area contributed by atoms with E-state index in [-0.39, 0.29) is 60.0 Å². The van der Waals surface area contributed by atoms with Gasteiger partial charge in [-0.3, -0.25) is 19.5 Å². The fourth-order valence-electron chi connectivity index (χ4n) is 7.26. The first-order valence-electron chi connectivity index (χ1n) is 16.7.